The maximum Gasteiger partial charge on any atom is 0.299 e. The summed E-state index contributed by atoms with van der Waals surface area (Å²) in [6.07, 6.45) is 1.46. The largest absolute Gasteiger partial charge is 0.410 e. The number of pyridine rings is 1. The van der Waals surface area contributed by atoms with E-state index in [2.05, 4.69) is 15.5 Å². The van der Waals surface area contributed by atoms with Gasteiger partial charge >= 0.3 is 0 Å². The zero-order valence-corrected chi connectivity index (χ0v) is 7.28. The van der Waals surface area contributed by atoms with Crippen LogP contribution in [0.25, 0.3) is 0 Å². The van der Waals surface area contributed by atoms with Crippen LogP contribution >= 0.6 is 11.6 Å². The minimum Gasteiger partial charge on any atom is -0.410 e. The van der Waals surface area contributed by atoms with E-state index in [0.29, 0.717) is 11.5 Å². The maximum atomic E-state index is 9.78. The Hall–Kier alpha value is -1.13. The highest BCUT2D eigenvalue weighted by atomic mass is 35.5. The first-order valence-electron chi connectivity index (χ1n) is 3.12. The zero-order chi connectivity index (χ0) is 9.40. The smallest absolute Gasteiger partial charge is 0.299 e. The van der Waals surface area contributed by atoms with Crippen LogP contribution < -0.4 is 10.5 Å². The van der Waals surface area contributed by atoms with Gasteiger partial charge in [-0.15, -0.1) is 0 Å². The van der Waals surface area contributed by atoms with Crippen LogP contribution in [0, 0.1) is 0 Å². The number of nitrogens with two attached hydrogens (primary N) is 1. The predicted octanol–water partition coefficient (Wildman–Crippen LogP) is 0.845. The van der Waals surface area contributed by atoms with Crippen LogP contribution in [0.5, 0.6) is 5.88 Å². The SMILES string of the molecule is CN.O=COc1cc(Cl)ccn1. The van der Waals surface area contributed by atoms with Gasteiger partial charge in [0.05, 0.1) is 0 Å². The van der Waals surface area contributed by atoms with E-state index in [9.17, 15) is 4.79 Å². The lowest BCUT2D eigenvalue weighted by atomic mass is 10.5. The highest BCUT2D eigenvalue weighted by Crippen LogP contribution is 2.12. The summed E-state index contributed by atoms with van der Waals surface area (Å²) in [5.41, 5.74) is 4.50. The van der Waals surface area contributed by atoms with Crippen molar-refractivity contribution < 1.29 is 9.53 Å². The molecule has 5 heteroatoms. The molecule has 0 aromatic carbocycles. The summed E-state index contributed by atoms with van der Waals surface area (Å²) >= 11 is 5.54. The van der Waals surface area contributed by atoms with E-state index in [4.69, 9.17) is 11.6 Å². The summed E-state index contributed by atoms with van der Waals surface area (Å²) in [6, 6.07) is 3.05. The topological polar surface area (TPSA) is 65.2 Å². The van der Waals surface area contributed by atoms with Gasteiger partial charge in [-0.05, 0) is 13.1 Å². The van der Waals surface area contributed by atoms with E-state index < -0.39 is 0 Å². The maximum absolute atomic E-state index is 9.78. The van der Waals surface area contributed by atoms with E-state index in [1.165, 1.54) is 19.3 Å². The van der Waals surface area contributed by atoms with Crippen LogP contribution in [0.1, 0.15) is 0 Å². The number of ether oxygens (including phenoxy) is 1. The van der Waals surface area contributed by atoms with Crippen LogP contribution in [0.2, 0.25) is 5.02 Å². The summed E-state index contributed by atoms with van der Waals surface area (Å²) in [4.78, 5) is 13.5. The minimum absolute atomic E-state index is 0.211. The highest BCUT2D eigenvalue weighted by molar-refractivity contribution is 6.30. The van der Waals surface area contributed by atoms with E-state index in [0.717, 1.165) is 0 Å². The Morgan fingerprint density at radius 1 is 1.67 bits per heavy atom. The van der Waals surface area contributed by atoms with Gasteiger partial charge in [0.15, 0.2) is 0 Å². The number of aromatic nitrogens is 1. The fraction of sp³-hybridized carbons (Fsp3) is 0.143. The van der Waals surface area contributed by atoms with E-state index in [-0.39, 0.29) is 5.88 Å². The van der Waals surface area contributed by atoms with Crippen LogP contribution in [0.15, 0.2) is 18.3 Å². The molecule has 0 aliphatic rings. The van der Waals surface area contributed by atoms with Crippen molar-refractivity contribution in [3.8, 4) is 5.88 Å². The number of nitrogens with zero attached hydrogens (tertiary/aromatic N) is 1. The first-order chi connectivity index (χ1) is 5.83. The molecule has 1 rings (SSSR count). The van der Waals surface area contributed by atoms with Gasteiger partial charge in [-0.1, -0.05) is 11.6 Å². The van der Waals surface area contributed by atoms with Gasteiger partial charge in [-0.3, -0.25) is 4.79 Å². The van der Waals surface area contributed by atoms with Gasteiger partial charge in [0.2, 0.25) is 5.88 Å². The Morgan fingerprint density at radius 3 is 2.83 bits per heavy atom. The van der Waals surface area contributed by atoms with Gasteiger partial charge in [0, 0.05) is 17.3 Å². The normalized spacial score (nSPS) is 7.92. The van der Waals surface area contributed by atoms with E-state index in [1.807, 2.05) is 0 Å². The predicted molar refractivity (Wildman–Crippen MR) is 46.1 cm³/mol. The van der Waals surface area contributed by atoms with Crippen LogP contribution in [-0.4, -0.2) is 18.5 Å². The van der Waals surface area contributed by atoms with Crippen molar-refractivity contribution in [2.45, 2.75) is 0 Å². The molecule has 0 amide bonds. The Balaban J connectivity index is 0.000000561. The lowest BCUT2D eigenvalue weighted by Crippen LogP contribution is -1.90. The zero-order valence-electron chi connectivity index (χ0n) is 6.53. The van der Waals surface area contributed by atoms with Crippen LogP contribution in [-0.2, 0) is 4.79 Å². The molecule has 0 radical (unpaired) electrons. The standard InChI is InChI=1S/C6H4ClNO2.CH5N/c7-5-1-2-8-6(3-5)10-4-9;1-2/h1-4H;2H2,1H3. The molecule has 66 valence electrons. The summed E-state index contributed by atoms with van der Waals surface area (Å²) in [7, 11) is 1.50. The van der Waals surface area contributed by atoms with Gasteiger partial charge in [0.25, 0.3) is 6.47 Å². The molecule has 12 heavy (non-hydrogen) atoms. The molecule has 4 nitrogen and oxygen atoms in total. The molecule has 0 saturated heterocycles. The molecule has 0 fully saturated rings. The van der Waals surface area contributed by atoms with Crippen molar-refractivity contribution in [3.63, 3.8) is 0 Å². The molecular formula is C7H9ClN2O2. The Kier molecular flexibility index (Phi) is 5.95. The highest BCUT2D eigenvalue weighted by Gasteiger charge is 1.92. The second kappa shape index (κ2) is 6.57. The number of rotatable bonds is 2. The Morgan fingerprint density at radius 2 is 2.33 bits per heavy atom. The molecule has 1 heterocycles. The number of hydrogen-bond acceptors (Lipinski definition) is 4. The molecule has 0 unspecified atom stereocenters. The lowest BCUT2D eigenvalue weighted by Gasteiger charge is -1.93. The molecule has 0 aliphatic heterocycles. The molecule has 0 atom stereocenters. The quantitative estimate of drug-likeness (QED) is 0.699. The lowest BCUT2D eigenvalue weighted by molar-refractivity contribution is -0.120. The Bertz CT molecular complexity index is 243. The van der Waals surface area contributed by atoms with Crippen molar-refractivity contribution in [1.82, 2.24) is 4.98 Å². The first-order valence-corrected chi connectivity index (χ1v) is 3.50. The molecule has 0 aliphatic carbocycles. The summed E-state index contributed by atoms with van der Waals surface area (Å²) < 4.78 is 4.41. The minimum atomic E-state index is 0.211. The van der Waals surface area contributed by atoms with Crippen molar-refractivity contribution in [1.29, 1.82) is 0 Å². The second-order valence-corrected chi connectivity index (χ2v) is 1.96. The third-order valence-electron chi connectivity index (χ3n) is 0.866. The number of carbonyl (C=O) groups is 1. The van der Waals surface area contributed by atoms with Crippen LogP contribution in [0.4, 0.5) is 0 Å². The number of carbonyl (C=O) groups excluding carboxylic acids is 1. The molecule has 2 N–H and O–H groups in total. The second-order valence-electron chi connectivity index (χ2n) is 1.53. The van der Waals surface area contributed by atoms with Gasteiger partial charge in [-0.25, -0.2) is 4.98 Å². The average Bonchev–Trinajstić information content (AvgIpc) is 2.09. The summed E-state index contributed by atoms with van der Waals surface area (Å²) in [5.74, 6) is 0.211. The third kappa shape index (κ3) is 3.90. The van der Waals surface area contributed by atoms with Crippen LogP contribution in [0.3, 0.4) is 0 Å². The summed E-state index contributed by atoms with van der Waals surface area (Å²) in [5, 5.41) is 0.492. The molecule has 0 bridgehead atoms. The van der Waals surface area contributed by atoms with Gasteiger partial charge in [0.1, 0.15) is 0 Å². The molecular weight excluding hydrogens is 180 g/mol. The Labute approximate surface area is 75.3 Å². The average molecular weight is 189 g/mol. The van der Waals surface area contributed by atoms with Crippen molar-refractivity contribution >= 4 is 18.1 Å². The van der Waals surface area contributed by atoms with E-state index >= 15 is 0 Å². The first kappa shape index (κ1) is 10.9. The summed E-state index contributed by atoms with van der Waals surface area (Å²) in [6.45, 7) is 0.304. The fourth-order valence-corrected chi connectivity index (χ4v) is 0.649. The molecule has 1 aromatic rings. The fourth-order valence-electron chi connectivity index (χ4n) is 0.499. The third-order valence-corrected chi connectivity index (χ3v) is 1.10. The van der Waals surface area contributed by atoms with Crippen molar-refractivity contribution in [3.05, 3.63) is 23.4 Å². The van der Waals surface area contributed by atoms with E-state index in [1.54, 1.807) is 6.07 Å². The molecule has 0 spiro atoms. The van der Waals surface area contributed by atoms with Gasteiger partial charge in [-0.2, -0.15) is 0 Å². The molecule has 0 saturated carbocycles. The van der Waals surface area contributed by atoms with Crippen molar-refractivity contribution in [2.75, 3.05) is 7.05 Å². The number of halogens is 1. The monoisotopic (exact) mass is 188 g/mol. The van der Waals surface area contributed by atoms with Gasteiger partial charge < -0.3 is 10.5 Å². The molecule has 1 aromatic heterocycles. The van der Waals surface area contributed by atoms with Crippen molar-refractivity contribution in [2.24, 2.45) is 5.73 Å². The number of hydrogen-bond donors (Lipinski definition) is 1.